The largest absolute Gasteiger partial charge is 0.462 e. The number of esters is 1. The van der Waals surface area contributed by atoms with Crippen molar-refractivity contribution in [3.63, 3.8) is 0 Å². The topological polar surface area (TPSA) is 99.4 Å². The summed E-state index contributed by atoms with van der Waals surface area (Å²) in [6.07, 6.45) is 8.34. The van der Waals surface area contributed by atoms with Crippen LogP contribution in [-0.2, 0) is 4.74 Å². The molecular formula is C21H17FN4O3. The average Bonchev–Trinajstić information content (AvgIpc) is 2.71. The lowest BCUT2D eigenvalue weighted by Crippen LogP contribution is -2.09. The molecule has 0 bridgehead atoms. The maximum absolute atomic E-state index is 14.6. The number of aromatic nitrogens is 2. The van der Waals surface area contributed by atoms with Gasteiger partial charge in [0.2, 0.25) is 0 Å². The van der Waals surface area contributed by atoms with E-state index >= 15 is 0 Å². The summed E-state index contributed by atoms with van der Waals surface area (Å²) in [6.45, 7) is 1.94. The molecule has 2 heterocycles. The summed E-state index contributed by atoms with van der Waals surface area (Å²) in [4.78, 5) is 20.0. The van der Waals surface area contributed by atoms with Crippen LogP contribution in [0.25, 0.3) is 0 Å². The summed E-state index contributed by atoms with van der Waals surface area (Å²) >= 11 is 0. The Balaban J connectivity index is 1.84. The number of pyridine rings is 2. The highest BCUT2D eigenvalue weighted by atomic mass is 19.1. The number of nitrogens with one attached hydrogen (secondary N) is 1. The zero-order valence-electron chi connectivity index (χ0n) is 15.5. The van der Waals surface area contributed by atoms with Crippen LogP contribution in [0.1, 0.15) is 22.8 Å². The van der Waals surface area contributed by atoms with Crippen molar-refractivity contribution in [1.29, 1.82) is 0 Å². The van der Waals surface area contributed by atoms with Gasteiger partial charge in [0.1, 0.15) is 28.5 Å². The number of halogens is 1. The Morgan fingerprint density at radius 1 is 1.24 bits per heavy atom. The van der Waals surface area contributed by atoms with Gasteiger partial charge in [-0.15, -0.1) is 6.42 Å². The van der Waals surface area contributed by atoms with Gasteiger partial charge in [0, 0.05) is 30.2 Å². The van der Waals surface area contributed by atoms with Crippen LogP contribution in [0.15, 0.2) is 48.8 Å². The second-order valence-electron chi connectivity index (χ2n) is 5.71. The van der Waals surface area contributed by atoms with Gasteiger partial charge >= 0.3 is 5.97 Å². The molecule has 146 valence electrons. The standard InChI is InChI=1S/C21H17FN4O3/c1-3-14-17(9-11-24-19(14)23)29-18-8-7-13(12-16(18)22)26-20-15(6-5-10-25-20)21(27)28-4-2/h1,5-12H,4H2,2H3,(H2,23,24)(H,25,26). The summed E-state index contributed by atoms with van der Waals surface area (Å²) in [7, 11) is 0. The molecule has 3 N–H and O–H groups in total. The molecule has 29 heavy (non-hydrogen) atoms. The Morgan fingerprint density at radius 2 is 2.07 bits per heavy atom. The number of nitrogens with two attached hydrogens (primary N) is 1. The molecule has 2 aromatic heterocycles. The van der Waals surface area contributed by atoms with Crippen molar-refractivity contribution in [2.24, 2.45) is 0 Å². The lowest BCUT2D eigenvalue weighted by atomic mass is 10.2. The van der Waals surface area contributed by atoms with Crippen molar-refractivity contribution in [3.8, 4) is 23.8 Å². The van der Waals surface area contributed by atoms with Crippen LogP contribution in [0.4, 0.5) is 21.7 Å². The van der Waals surface area contributed by atoms with Gasteiger partial charge in [0.25, 0.3) is 0 Å². The van der Waals surface area contributed by atoms with E-state index in [2.05, 4.69) is 21.2 Å². The third-order valence-corrected chi connectivity index (χ3v) is 3.80. The SMILES string of the molecule is C#Cc1c(Oc2ccc(Nc3ncccc3C(=O)OCC)cc2F)ccnc1N. The molecule has 0 fully saturated rings. The van der Waals surface area contributed by atoms with Gasteiger partial charge in [-0.3, -0.25) is 0 Å². The summed E-state index contributed by atoms with van der Waals surface area (Å²) in [5.41, 5.74) is 6.55. The summed E-state index contributed by atoms with van der Waals surface area (Å²) in [6, 6.07) is 8.87. The van der Waals surface area contributed by atoms with Crippen molar-refractivity contribution in [3.05, 3.63) is 65.7 Å². The van der Waals surface area contributed by atoms with E-state index in [-0.39, 0.29) is 40.9 Å². The molecule has 0 radical (unpaired) electrons. The van der Waals surface area contributed by atoms with E-state index in [1.54, 1.807) is 25.1 Å². The van der Waals surface area contributed by atoms with Crippen molar-refractivity contribution >= 4 is 23.3 Å². The Hall–Kier alpha value is -4.12. The monoisotopic (exact) mass is 392 g/mol. The number of nitrogens with zero attached hydrogens (tertiary/aromatic N) is 2. The highest BCUT2D eigenvalue weighted by Crippen LogP contribution is 2.31. The molecule has 0 saturated heterocycles. The number of carbonyl (C=O) groups is 1. The number of rotatable bonds is 6. The van der Waals surface area contributed by atoms with E-state index < -0.39 is 11.8 Å². The minimum Gasteiger partial charge on any atom is -0.462 e. The molecule has 0 unspecified atom stereocenters. The molecule has 3 rings (SSSR count). The molecule has 0 saturated carbocycles. The number of carbonyl (C=O) groups excluding carboxylic acids is 1. The quantitative estimate of drug-likeness (QED) is 0.485. The molecule has 7 nitrogen and oxygen atoms in total. The molecule has 0 aliphatic rings. The predicted molar refractivity (Wildman–Crippen MR) is 107 cm³/mol. The van der Waals surface area contributed by atoms with Crippen LogP contribution in [0.3, 0.4) is 0 Å². The zero-order chi connectivity index (χ0) is 20.8. The van der Waals surface area contributed by atoms with Crippen LogP contribution < -0.4 is 15.8 Å². The normalized spacial score (nSPS) is 10.1. The van der Waals surface area contributed by atoms with E-state index in [1.807, 2.05) is 0 Å². The number of benzene rings is 1. The van der Waals surface area contributed by atoms with E-state index in [9.17, 15) is 9.18 Å². The molecule has 0 aliphatic heterocycles. The number of hydrogen-bond acceptors (Lipinski definition) is 7. The van der Waals surface area contributed by atoms with Crippen molar-refractivity contribution in [2.75, 3.05) is 17.7 Å². The Bertz CT molecular complexity index is 1100. The fourth-order valence-electron chi connectivity index (χ4n) is 2.48. The van der Waals surface area contributed by atoms with E-state index in [0.29, 0.717) is 5.69 Å². The summed E-state index contributed by atoms with van der Waals surface area (Å²) in [5, 5.41) is 2.91. The smallest absolute Gasteiger partial charge is 0.341 e. The molecule has 8 heteroatoms. The lowest BCUT2D eigenvalue weighted by molar-refractivity contribution is 0.0527. The maximum atomic E-state index is 14.6. The highest BCUT2D eigenvalue weighted by Gasteiger charge is 2.15. The molecule has 0 atom stereocenters. The minimum absolute atomic E-state index is 0.0516. The maximum Gasteiger partial charge on any atom is 0.341 e. The molecule has 0 spiro atoms. The van der Waals surface area contributed by atoms with Gasteiger partial charge < -0.3 is 20.5 Å². The van der Waals surface area contributed by atoms with E-state index in [1.165, 1.54) is 30.6 Å². The fourth-order valence-corrected chi connectivity index (χ4v) is 2.48. The third-order valence-electron chi connectivity index (χ3n) is 3.80. The summed E-state index contributed by atoms with van der Waals surface area (Å²) < 4.78 is 25.1. The van der Waals surface area contributed by atoms with Crippen LogP contribution in [0.2, 0.25) is 0 Å². The molecule has 1 aromatic carbocycles. The van der Waals surface area contributed by atoms with Crippen molar-refractivity contribution < 1.29 is 18.7 Å². The van der Waals surface area contributed by atoms with Gasteiger partial charge in [0.15, 0.2) is 11.6 Å². The van der Waals surface area contributed by atoms with Crippen LogP contribution in [-0.4, -0.2) is 22.5 Å². The number of hydrogen-bond donors (Lipinski definition) is 2. The summed E-state index contributed by atoms with van der Waals surface area (Å²) in [5.74, 6) is 1.72. The predicted octanol–water partition coefficient (Wildman–Crippen LogP) is 3.89. The first-order valence-corrected chi connectivity index (χ1v) is 8.61. The van der Waals surface area contributed by atoms with E-state index in [0.717, 1.165) is 0 Å². The van der Waals surface area contributed by atoms with Crippen LogP contribution in [0, 0.1) is 18.2 Å². The van der Waals surface area contributed by atoms with Gasteiger partial charge in [0.05, 0.1) is 6.61 Å². The second-order valence-corrected chi connectivity index (χ2v) is 5.71. The number of ether oxygens (including phenoxy) is 2. The number of nitrogen functional groups attached to an aromatic ring is 1. The first-order chi connectivity index (χ1) is 14.0. The Kier molecular flexibility index (Phi) is 5.90. The van der Waals surface area contributed by atoms with Crippen molar-refractivity contribution in [1.82, 2.24) is 9.97 Å². The van der Waals surface area contributed by atoms with Gasteiger partial charge in [-0.05, 0) is 31.2 Å². The minimum atomic E-state index is -0.651. The highest BCUT2D eigenvalue weighted by molar-refractivity contribution is 5.95. The van der Waals surface area contributed by atoms with Crippen molar-refractivity contribution in [2.45, 2.75) is 6.92 Å². The van der Waals surface area contributed by atoms with Crippen LogP contribution >= 0.6 is 0 Å². The fraction of sp³-hybridized carbons (Fsp3) is 0.0952. The van der Waals surface area contributed by atoms with Gasteiger partial charge in [-0.2, -0.15) is 0 Å². The second kappa shape index (κ2) is 8.71. The van der Waals surface area contributed by atoms with Crippen LogP contribution in [0.5, 0.6) is 11.5 Å². The third kappa shape index (κ3) is 4.42. The number of terminal acetylenes is 1. The number of anilines is 3. The zero-order valence-corrected chi connectivity index (χ0v) is 15.5. The van der Waals surface area contributed by atoms with E-state index in [4.69, 9.17) is 21.6 Å². The molecule has 3 aromatic rings. The molecular weight excluding hydrogens is 375 g/mol. The van der Waals surface area contributed by atoms with Gasteiger partial charge in [-0.25, -0.2) is 19.2 Å². The Morgan fingerprint density at radius 3 is 2.79 bits per heavy atom. The average molecular weight is 392 g/mol. The molecule has 0 amide bonds. The first kappa shape index (κ1) is 19.6. The first-order valence-electron chi connectivity index (χ1n) is 8.61. The lowest BCUT2D eigenvalue weighted by Gasteiger charge is -2.13. The molecule has 0 aliphatic carbocycles. The Labute approximate surface area is 166 Å². The van der Waals surface area contributed by atoms with Gasteiger partial charge in [-0.1, -0.05) is 5.92 Å².